The van der Waals surface area contributed by atoms with E-state index in [0.29, 0.717) is 18.0 Å². The summed E-state index contributed by atoms with van der Waals surface area (Å²) < 4.78 is 5.15. The maximum absolute atomic E-state index is 12.0. The van der Waals surface area contributed by atoms with Crippen molar-refractivity contribution in [3.8, 4) is 0 Å². The van der Waals surface area contributed by atoms with Crippen molar-refractivity contribution in [2.24, 2.45) is 11.7 Å². The Balaban J connectivity index is 1.97. The first-order valence-corrected chi connectivity index (χ1v) is 5.75. The lowest BCUT2D eigenvalue weighted by molar-refractivity contribution is 0.0786. The summed E-state index contributed by atoms with van der Waals surface area (Å²) in [4.78, 5) is 13.9. The number of amides is 1. The number of carbonyl (C=O) groups excluding carboxylic acids is 1. The lowest BCUT2D eigenvalue weighted by Crippen LogP contribution is -2.28. The van der Waals surface area contributed by atoms with E-state index in [1.54, 1.807) is 6.07 Å². The minimum Gasteiger partial charge on any atom is -0.469 e. The topological polar surface area (TPSA) is 59.5 Å². The number of nitrogens with zero attached hydrogens (tertiary/aromatic N) is 1. The number of hydrogen-bond acceptors (Lipinski definition) is 3. The van der Waals surface area contributed by atoms with Crippen LogP contribution < -0.4 is 5.73 Å². The molecule has 0 saturated carbocycles. The number of aryl methyl sites for hydroxylation is 1. The molecule has 0 spiro atoms. The zero-order valence-electron chi connectivity index (χ0n) is 9.61. The average Bonchev–Trinajstić information content (AvgIpc) is 2.87. The van der Waals surface area contributed by atoms with Crippen molar-refractivity contribution in [1.29, 1.82) is 0 Å². The van der Waals surface area contributed by atoms with Crippen LogP contribution in [0.4, 0.5) is 0 Å². The van der Waals surface area contributed by atoms with Gasteiger partial charge in [-0.1, -0.05) is 0 Å². The summed E-state index contributed by atoms with van der Waals surface area (Å²) in [6.45, 7) is 4.23. The van der Waals surface area contributed by atoms with Crippen LogP contribution in [0.15, 0.2) is 16.7 Å². The fourth-order valence-electron chi connectivity index (χ4n) is 2.23. The Labute approximate surface area is 95.4 Å². The highest BCUT2D eigenvalue weighted by molar-refractivity contribution is 5.94. The molecule has 1 aliphatic rings. The van der Waals surface area contributed by atoms with Crippen LogP contribution >= 0.6 is 0 Å². The molecule has 1 saturated heterocycles. The molecule has 2 heterocycles. The quantitative estimate of drug-likeness (QED) is 0.841. The first-order valence-electron chi connectivity index (χ1n) is 5.75. The molecule has 2 N–H and O–H groups in total. The molecular formula is C12H18N2O2. The molecule has 2 rings (SSSR count). The van der Waals surface area contributed by atoms with Crippen LogP contribution in [0.5, 0.6) is 0 Å². The summed E-state index contributed by atoms with van der Waals surface area (Å²) in [6.07, 6.45) is 3.61. The molecule has 16 heavy (non-hydrogen) atoms. The predicted octanol–water partition coefficient (Wildman–Crippen LogP) is 1.40. The van der Waals surface area contributed by atoms with Gasteiger partial charge in [0, 0.05) is 13.1 Å². The van der Waals surface area contributed by atoms with Crippen LogP contribution in [0.2, 0.25) is 0 Å². The minimum atomic E-state index is 0.0800. The van der Waals surface area contributed by atoms with Gasteiger partial charge in [0.05, 0.1) is 5.56 Å². The highest BCUT2D eigenvalue weighted by Crippen LogP contribution is 2.21. The molecule has 0 aliphatic carbocycles. The monoisotopic (exact) mass is 222 g/mol. The van der Waals surface area contributed by atoms with E-state index < -0.39 is 0 Å². The maximum Gasteiger partial charge on any atom is 0.257 e. The fourth-order valence-corrected chi connectivity index (χ4v) is 2.23. The van der Waals surface area contributed by atoms with E-state index in [-0.39, 0.29) is 5.91 Å². The molecule has 88 valence electrons. The van der Waals surface area contributed by atoms with Gasteiger partial charge in [-0.05, 0) is 38.3 Å². The number of furan rings is 1. The van der Waals surface area contributed by atoms with Gasteiger partial charge in [0.1, 0.15) is 12.0 Å². The number of carbonyl (C=O) groups is 1. The van der Waals surface area contributed by atoms with Gasteiger partial charge in [0.2, 0.25) is 0 Å². The summed E-state index contributed by atoms with van der Waals surface area (Å²) >= 11 is 0. The Hall–Kier alpha value is -1.29. The predicted molar refractivity (Wildman–Crippen MR) is 61.1 cm³/mol. The summed E-state index contributed by atoms with van der Waals surface area (Å²) in [5, 5.41) is 0. The van der Waals surface area contributed by atoms with Crippen molar-refractivity contribution in [2.75, 3.05) is 19.6 Å². The largest absolute Gasteiger partial charge is 0.469 e. The number of rotatable bonds is 3. The van der Waals surface area contributed by atoms with Crippen LogP contribution in [0.25, 0.3) is 0 Å². The summed E-state index contributed by atoms with van der Waals surface area (Å²) in [5.74, 6) is 1.43. The second-order valence-electron chi connectivity index (χ2n) is 4.43. The molecular weight excluding hydrogens is 204 g/mol. The Kier molecular flexibility index (Phi) is 3.29. The third-order valence-electron chi connectivity index (χ3n) is 3.13. The standard InChI is InChI=1S/C12H18N2O2/c1-9-6-11(8-16-9)12(15)14-5-3-10(7-14)2-4-13/h6,8,10H,2-5,7,13H2,1H3. The van der Waals surface area contributed by atoms with Crippen LogP contribution in [0.1, 0.15) is 29.0 Å². The summed E-state index contributed by atoms with van der Waals surface area (Å²) in [7, 11) is 0. The lowest BCUT2D eigenvalue weighted by atomic mass is 10.1. The molecule has 1 unspecified atom stereocenters. The van der Waals surface area contributed by atoms with Crippen molar-refractivity contribution in [3.05, 3.63) is 23.7 Å². The normalized spacial score (nSPS) is 20.4. The molecule has 1 atom stereocenters. The third-order valence-corrected chi connectivity index (χ3v) is 3.13. The van der Waals surface area contributed by atoms with Crippen molar-refractivity contribution in [1.82, 2.24) is 4.90 Å². The second-order valence-corrected chi connectivity index (χ2v) is 4.43. The average molecular weight is 222 g/mol. The zero-order valence-corrected chi connectivity index (χ0v) is 9.61. The number of likely N-dealkylation sites (tertiary alicyclic amines) is 1. The zero-order chi connectivity index (χ0) is 11.5. The molecule has 4 heteroatoms. The fraction of sp³-hybridized carbons (Fsp3) is 0.583. The smallest absolute Gasteiger partial charge is 0.257 e. The third kappa shape index (κ3) is 2.27. The van der Waals surface area contributed by atoms with E-state index in [0.717, 1.165) is 31.7 Å². The van der Waals surface area contributed by atoms with Crippen molar-refractivity contribution in [2.45, 2.75) is 19.8 Å². The van der Waals surface area contributed by atoms with Crippen molar-refractivity contribution in [3.63, 3.8) is 0 Å². The Morgan fingerprint density at radius 1 is 1.69 bits per heavy atom. The molecule has 1 aromatic rings. The van der Waals surface area contributed by atoms with Crippen molar-refractivity contribution < 1.29 is 9.21 Å². The van der Waals surface area contributed by atoms with Crippen LogP contribution in [0, 0.1) is 12.8 Å². The highest BCUT2D eigenvalue weighted by Gasteiger charge is 2.26. The molecule has 0 bridgehead atoms. The van der Waals surface area contributed by atoms with E-state index in [1.807, 2.05) is 11.8 Å². The Bertz CT molecular complexity index is 373. The molecule has 0 radical (unpaired) electrons. The second kappa shape index (κ2) is 4.70. The lowest BCUT2D eigenvalue weighted by Gasteiger charge is -2.15. The van der Waals surface area contributed by atoms with Crippen LogP contribution in [-0.4, -0.2) is 30.4 Å². The van der Waals surface area contributed by atoms with Gasteiger partial charge >= 0.3 is 0 Å². The van der Waals surface area contributed by atoms with Gasteiger partial charge in [0.25, 0.3) is 5.91 Å². The molecule has 1 aliphatic heterocycles. The molecule has 1 fully saturated rings. The SMILES string of the molecule is Cc1cc(C(=O)N2CCC(CCN)C2)co1. The summed E-state index contributed by atoms with van der Waals surface area (Å²) in [5.41, 5.74) is 6.18. The Morgan fingerprint density at radius 3 is 3.12 bits per heavy atom. The first kappa shape index (κ1) is 11.2. The van der Waals surface area contributed by atoms with E-state index in [1.165, 1.54) is 6.26 Å². The van der Waals surface area contributed by atoms with Crippen LogP contribution in [0.3, 0.4) is 0 Å². The van der Waals surface area contributed by atoms with E-state index in [9.17, 15) is 4.79 Å². The first-order chi connectivity index (χ1) is 7.70. The molecule has 4 nitrogen and oxygen atoms in total. The Morgan fingerprint density at radius 2 is 2.50 bits per heavy atom. The molecule has 0 aromatic carbocycles. The van der Waals surface area contributed by atoms with Gasteiger partial charge in [-0.25, -0.2) is 0 Å². The number of nitrogens with two attached hydrogens (primary N) is 1. The van der Waals surface area contributed by atoms with E-state index in [4.69, 9.17) is 10.2 Å². The van der Waals surface area contributed by atoms with Gasteiger partial charge in [-0.2, -0.15) is 0 Å². The van der Waals surface area contributed by atoms with Gasteiger partial charge in [-0.15, -0.1) is 0 Å². The van der Waals surface area contributed by atoms with Crippen molar-refractivity contribution >= 4 is 5.91 Å². The van der Waals surface area contributed by atoms with Gasteiger partial charge < -0.3 is 15.1 Å². The van der Waals surface area contributed by atoms with Gasteiger partial charge in [0.15, 0.2) is 0 Å². The highest BCUT2D eigenvalue weighted by atomic mass is 16.3. The molecule has 1 aromatic heterocycles. The minimum absolute atomic E-state index is 0.0800. The van der Waals surface area contributed by atoms with E-state index in [2.05, 4.69) is 0 Å². The number of hydrogen-bond donors (Lipinski definition) is 1. The van der Waals surface area contributed by atoms with Gasteiger partial charge in [-0.3, -0.25) is 4.79 Å². The van der Waals surface area contributed by atoms with E-state index >= 15 is 0 Å². The maximum atomic E-state index is 12.0. The summed E-state index contributed by atoms with van der Waals surface area (Å²) in [6, 6.07) is 1.79. The molecule has 1 amide bonds. The van der Waals surface area contributed by atoms with Crippen LogP contribution in [-0.2, 0) is 0 Å².